The summed E-state index contributed by atoms with van der Waals surface area (Å²) in [7, 11) is 0. The van der Waals surface area contributed by atoms with E-state index in [9.17, 15) is 19.2 Å². The molecule has 2 fully saturated rings. The summed E-state index contributed by atoms with van der Waals surface area (Å²) in [6.45, 7) is 4.90. The topological polar surface area (TPSA) is 111 Å². The molecule has 0 radical (unpaired) electrons. The van der Waals surface area contributed by atoms with E-state index in [1.165, 1.54) is 4.90 Å². The molecule has 32 heavy (non-hydrogen) atoms. The molecule has 0 unspecified atom stereocenters. The van der Waals surface area contributed by atoms with E-state index in [4.69, 9.17) is 16.3 Å². The average Bonchev–Trinajstić information content (AvgIpc) is 2.77. The number of halogens is 1. The van der Waals surface area contributed by atoms with Crippen LogP contribution in [0.2, 0.25) is 5.02 Å². The number of rotatable bonds is 6. The van der Waals surface area contributed by atoms with Gasteiger partial charge in [-0.15, -0.1) is 0 Å². The highest BCUT2D eigenvalue weighted by Gasteiger charge is 2.35. The van der Waals surface area contributed by atoms with Crippen molar-refractivity contribution in [1.29, 1.82) is 0 Å². The average molecular weight is 466 g/mol. The van der Waals surface area contributed by atoms with Crippen LogP contribution in [0.25, 0.3) is 0 Å². The van der Waals surface area contributed by atoms with E-state index in [1.54, 1.807) is 36.1 Å². The molecule has 2 heterocycles. The van der Waals surface area contributed by atoms with Gasteiger partial charge < -0.3 is 25.2 Å². The predicted octanol–water partition coefficient (Wildman–Crippen LogP) is 0.770. The smallest absolute Gasteiger partial charge is 0.409 e. The zero-order valence-corrected chi connectivity index (χ0v) is 18.8. The molecule has 2 aliphatic rings. The highest BCUT2D eigenvalue weighted by atomic mass is 35.5. The first-order valence-electron chi connectivity index (χ1n) is 10.6. The third kappa shape index (κ3) is 6.33. The Hall–Kier alpha value is -2.85. The quantitative estimate of drug-likeness (QED) is 0.642. The molecule has 0 aromatic heterocycles. The molecule has 0 aliphatic carbocycles. The second-order valence-corrected chi connectivity index (χ2v) is 8.05. The Bertz CT molecular complexity index is 841. The van der Waals surface area contributed by atoms with Crippen molar-refractivity contribution in [2.75, 3.05) is 57.7 Å². The van der Waals surface area contributed by atoms with E-state index in [0.717, 1.165) is 0 Å². The van der Waals surface area contributed by atoms with Gasteiger partial charge in [-0.3, -0.25) is 19.3 Å². The fourth-order valence-electron chi connectivity index (χ4n) is 3.72. The van der Waals surface area contributed by atoms with Gasteiger partial charge in [-0.2, -0.15) is 0 Å². The van der Waals surface area contributed by atoms with Crippen molar-refractivity contribution in [1.82, 2.24) is 20.0 Å². The Morgan fingerprint density at radius 3 is 2.47 bits per heavy atom. The van der Waals surface area contributed by atoms with Crippen LogP contribution >= 0.6 is 11.6 Å². The van der Waals surface area contributed by atoms with E-state index >= 15 is 0 Å². The first kappa shape index (κ1) is 23.8. The number of nitrogens with one attached hydrogen (secondary N) is 2. The van der Waals surface area contributed by atoms with Crippen molar-refractivity contribution < 1.29 is 23.9 Å². The first-order valence-corrected chi connectivity index (χ1v) is 11.0. The molecular weight excluding hydrogens is 438 g/mol. The van der Waals surface area contributed by atoms with Gasteiger partial charge in [0.15, 0.2) is 0 Å². The van der Waals surface area contributed by atoms with Crippen LogP contribution < -0.4 is 10.6 Å². The molecule has 2 saturated heterocycles. The van der Waals surface area contributed by atoms with Crippen LogP contribution in [0, 0.1) is 0 Å². The van der Waals surface area contributed by atoms with E-state index in [0.29, 0.717) is 56.6 Å². The van der Waals surface area contributed by atoms with Crippen LogP contribution in [-0.2, 0) is 19.1 Å². The molecule has 0 spiro atoms. The van der Waals surface area contributed by atoms with Gasteiger partial charge >= 0.3 is 6.09 Å². The third-order valence-electron chi connectivity index (χ3n) is 5.42. The highest BCUT2D eigenvalue weighted by molar-refractivity contribution is 6.30. The molecule has 3 rings (SSSR count). The number of hydrogen-bond donors (Lipinski definition) is 2. The molecule has 0 bridgehead atoms. The minimum absolute atomic E-state index is 0.124. The summed E-state index contributed by atoms with van der Waals surface area (Å²) < 4.78 is 5.01. The Kier molecular flexibility index (Phi) is 8.29. The lowest BCUT2D eigenvalue weighted by atomic mass is 10.1. The Morgan fingerprint density at radius 1 is 1.12 bits per heavy atom. The van der Waals surface area contributed by atoms with E-state index in [-0.39, 0.29) is 36.8 Å². The summed E-state index contributed by atoms with van der Waals surface area (Å²) in [6, 6.07) is 5.77. The molecular formula is C21H28ClN5O5. The third-order valence-corrected chi connectivity index (χ3v) is 5.67. The Labute approximate surface area is 191 Å². The molecule has 1 aromatic rings. The molecule has 2 N–H and O–H groups in total. The normalized spacial score (nSPS) is 19.3. The highest BCUT2D eigenvalue weighted by Crippen LogP contribution is 2.16. The molecule has 4 amide bonds. The predicted molar refractivity (Wildman–Crippen MR) is 118 cm³/mol. The van der Waals surface area contributed by atoms with Gasteiger partial charge in [0.2, 0.25) is 17.7 Å². The van der Waals surface area contributed by atoms with Gasteiger partial charge in [0.05, 0.1) is 19.6 Å². The zero-order valence-electron chi connectivity index (χ0n) is 18.0. The summed E-state index contributed by atoms with van der Waals surface area (Å²) in [5, 5.41) is 6.00. The van der Waals surface area contributed by atoms with Crippen LogP contribution in [0.3, 0.4) is 0 Å². The number of piperazine rings is 2. The summed E-state index contributed by atoms with van der Waals surface area (Å²) in [4.78, 5) is 54.8. The Balaban J connectivity index is 1.54. The number of carbonyl (C=O) groups excluding carboxylic acids is 4. The van der Waals surface area contributed by atoms with E-state index in [2.05, 4.69) is 10.6 Å². The fraction of sp³-hybridized carbons (Fsp3) is 0.524. The molecule has 174 valence electrons. The number of ether oxygens (including phenoxy) is 1. The monoisotopic (exact) mass is 465 g/mol. The van der Waals surface area contributed by atoms with Gasteiger partial charge in [-0.05, 0) is 31.2 Å². The number of amides is 4. The number of nitrogens with zero attached hydrogens (tertiary/aromatic N) is 3. The SMILES string of the molecule is CCOC(=O)N1CCN(CC(=O)N2CCNC(=O)[C@@H]2CC(=O)Nc2ccc(Cl)cc2)CC1. The lowest BCUT2D eigenvalue weighted by Gasteiger charge is -2.38. The van der Waals surface area contributed by atoms with Gasteiger partial charge in [0.1, 0.15) is 6.04 Å². The molecule has 10 nitrogen and oxygen atoms in total. The van der Waals surface area contributed by atoms with Crippen LogP contribution in [0.1, 0.15) is 13.3 Å². The van der Waals surface area contributed by atoms with Crippen molar-refractivity contribution in [2.24, 2.45) is 0 Å². The number of benzene rings is 1. The van der Waals surface area contributed by atoms with Crippen molar-refractivity contribution in [3.05, 3.63) is 29.3 Å². The number of hydrogen-bond acceptors (Lipinski definition) is 6. The van der Waals surface area contributed by atoms with Crippen LogP contribution in [0.4, 0.5) is 10.5 Å². The molecule has 1 aromatic carbocycles. The van der Waals surface area contributed by atoms with Crippen LogP contribution in [0.5, 0.6) is 0 Å². The molecule has 0 saturated carbocycles. The largest absolute Gasteiger partial charge is 0.450 e. The van der Waals surface area contributed by atoms with E-state index in [1.807, 2.05) is 4.90 Å². The van der Waals surface area contributed by atoms with Crippen molar-refractivity contribution in [3.8, 4) is 0 Å². The maximum Gasteiger partial charge on any atom is 0.409 e. The standard InChI is InChI=1S/C21H28ClN5O5/c1-2-32-21(31)26-11-9-25(10-12-26)14-19(29)27-8-7-23-20(30)17(27)13-18(28)24-16-5-3-15(22)4-6-16/h3-6,17H,2,7-14H2,1H3,(H,23,30)(H,24,28)/t17-/m0/s1. The summed E-state index contributed by atoms with van der Waals surface area (Å²) in [5.41, 5.74) is 0.563. The molecule has 2 aliphatic heterocycles. The maximum atomic E-state index is 13.0. The summed E-state index contributed by atoms with van der Waals surface area (Å²) >= 11 is 5.86. The van der Waals surface area contributed by atoms with Gasteiger partial charge in [-0.1, -0.05) is 11.6 Å². The number of carbonyl (C=O) groups is 4. The Morgan fingerprint density at radius 2 is 1.81 bits per heavy atom. The second-order valence-electron chi connectivity index (χ2n) is 7.62. The van der Waals surface area contributed by atoms with E-state index < -0.39 is 6.04 Å². The second kappa shape index (κ2) is 11.1. The lowest BCUT2D eigenvalue weighted by Crippen LogP contribution is -2.60. The fourth-order valence-corrected chi connectivity index (χ4v) is 3.85. The van der Waals surface area contributed by atoms with Gasteiger partial charge in [-0.25, -0.2) is 4.79 Å². The zero-order chi connectivity index (χ0) is 23.1. The van der Waals surface area contributed by atoms with Crippen LogP contribution in [0.15, 0.2) is 24.3 Å². The molecule has 1 atom stereocenters. The number of anilines is 1. The van der Waals surface area contributed by atoms with Crippen LogP contribution in [-0.4, -0.2) is 97.0 Å². The maximum absolute atomic E-state index is 13.0. The minimum atomic E-state index is -0.871. The summed E-state index contributed by atoms with van der Waals surface area (Å²) in [6.07, 6.45) is -0.491. The van der Waals surface area contributed by atoms with Crippen molar-refractivity contribution >= 4 is 41.1 Å². The minimum Gasteiger partial charge on any atom is -0.450 e. The molecule has 11 heteroatoms. The van der Waals surface area contributed by atoms with Gasteiger partial charge in [0, 0.05) is 50.0 Å². The van der Waals surface area contributed by atoms with Crippen molar-refractivity contribution in [2.45, 2.75) is 19.4 Å². The summed E-state index contributed by atoms with van der Waals surface area (Å²) in [5.74, 6) is -0.924. The lowest BCUT2D eigenvalue weighted by molar-refractivity contribution is -0.145. The van der Waals surface area contributed by atoms with Gasteiger partial charge in [0.25, 0.3) is 0 Å². The van der Waals surface area contributed by atoms with Crippen molar-refractivity contribution in [3.63, 3.8) is 0 Å². The first-order chi connectivity index (χ1) is 15.4.